The first-order valence-electron chi connectivity index (χ1n) is 7.16. The average molecular weight is 278 g/mol. The van der Waals surface area contributed by atoms with Crippen LogP contribution in [-0.4, -0.2) is 41.8 Å². The highest BCUT2D eigenvalue weighted by Gasteiger charge is 2.22. The lowest BCUT2D eigenvalue weighted by Crippen LogP contribution is -2.44. The average Bonchev–Trinajstić information content (AvgIpc) is 2.46. The third-order valence-corrected chi connectivity index (χ3v) is 3.27. The second-order valence-electron chi connectivity index (χ2n) is 5.02. The van der Waals surface area contributed by atoms with Gasteiger partial charge in [0.15, 0.2) is 0 Å². The van der Waals surface area contributed by atoms with Gasteiger partial charge in [-0.3, -0.25) is 0 Å². The van der Waals surface area contributed by atoms with E-state index in [1.165, 1.54) is 0 Å². The molecule has 0 saturated carbocycles. The van der Waals surface area contributed by atoms with Crippen molar-refractivity contribution in [1.82, 2.24) is 4.90 Å². The summed E-state index contributed by atoms with van der Waals surface area (Å²) in [5, 5.41) is 12.5. The number of rotatable bonds is 4. The topological polar surface area (TPSA) is 61.8 Å². The van der Waals surface area contributed by atoms with Crippen molar-refractivity contribution in [2.24, 2.45) is 0 Å². The highest BCUT2D eigenvalue weighted by atomic mass is 16.5. The number of carbonyl (C=O) groups is 1. The van der Waals surface area contributed by atoms with Crippen molar-refractivity contribution in [2.45, 2.75) is 32.3 Å². The summed E-state index contributed by atoms with van der Waals surface area (Å²) < 4.78 is 5.61. The third kappa shape index (κ3) is 3.87. The van der Waals surface area contributed by atoms with Gasteiger partial charge in [0.05, 0.1) is 18.4 Å². The minimum absolute atomic E-state index is 0.184. The Bertz CT molecular complexity index is 450. The number of urea groups is 1. The molecule has 1 fully saturated rings. The van der Waals surface area contributed by atoms with Crippen LogP contribution in [0.4, 0.5) is 10.5 Å². The highest BCUT2D eigenvalue weighted by Crippen LogP contribution is 2.24. The Kier molecular flexibility index (Phi) is 5.24. The number of piperidine rings is 1. The van der Waals surface area contributed by atoms with E-state index >= 15 is 0 Å². The normalized spacial score (nSPS) is 18.7. The Labute approximate surface area is 119 Å². The summed E-state index contributed by atoms with van der Waals surface area (Å²) in [6.07, 6.45) is 2.10. The molecule has 0 aromatic heterocycles. The van der Waals surface area contributed by atoms with Crippen molar-refractivity contribution in [3.05, 3.63) is 24.3 Å². The van der Waals surface area contributed by atoms with Crippen LogP contribution in [0.25, 0.3) is 0 Å². The fourth-order valence-corrected chi connectivity index (χ4v) is 2.24. The van der Waals surface area contributed by atoms with Crippen LogP contribution in [0.15, 0.2) is 24.3 Å². The molecule has 1 aliphatic rings. The quantitative estimate of drug-likeness (QED) is 0.889. The Morgan fingerprint density at radius 2 is 2.30 bits per heavy atom. The van der Waals surface area contributed by atoms with E-state index in [0.29, 0.717) is 31.1 Å². The fourth-order valence-electron chi connectivity index (χ4n) is 2.24. The van der Waals surface area contributed by atoms with E-state index < -0.39 is 6.10 Å². The minimum Gasteiger partial charge on any atom is -0.491 e. The van der Waals surface area contributed by atoms with Crippen LogP contribution in [0.3, 0.4) is 0 Å². The molecule has 20 heavy (non-hydrogen) atoms. The van der Waals surface area contributed by atoms with E-state index in [4.69, 9.17) is 4.74 Å². The molecule has 0 radical (unpaired) electrons. The van der Waals surface area contributed by atoms with Gasteiger partial charge in [-0.05, 0) is 31.4 Å². The van der Waals surface area contributed by atoms with E-state index in [9.17, 15) is 9.90 Å². The Hall–Kier alpha value is -1.75. The number of aliphatic hydroxyl groups is 1. The van der Waals surface area contributed by atoms with Crippen LogP contribution in [-0.2, 0) is 0 Å². The standard InChI is InChI=1S/C15H22N2O3/c1-2-10-20-14-8-4-3-7-13(14)16-15(19)17-9-5-6-12(18)11-17/h3-4,7-8,12,18H,2,5-6,9-11H2,1H3,(H,16,19). The molecule has 0 spiro atoms. The van der Waals surface area contributed by atoms with Crippen molar-refractivity contribution in [2.75, 3.05) is 25.0 Å². The number of likely N-dealkylation sites (tertiary alicyclic amines) is 1. The number of hydrogen-bond donors (Lipinski definition) is 2. The summed E-state index contributed by atoms with van der Waals surface area (Å²) >= 11 is 0. The van der Waals surface area contributed by atoms with Gasteiger partial charge in [0.1, 0.15) is 5.75 Å². The van der Waals surface area contributed by atoms with Gasteiger partial charge in [0.25, 0.3) is 0 Å². The van der Waals surface area contributed by atoms with Crippen LogP contribution < -0.4 is 10.1 Å². The van der Waals surface area contributed by atoms with Crippen molar-refractivity contribution in [1.29, 1.82) is 0 Å². The van der Waals surface area contributed by atoms with Crippen molar-refractivity contribution < 1.29 is 14.6 Å². The number of β-amino-alcohol motifs (C(OH)–C–C–N with tert-alkyl or cyclic N) is 1. The van der Waals surface area contributed by atoms with E-state index in [1.54, 1.807) is 4.90 Å². The Balaban J connectivity index is 1.99. The summed E-state index contributed by atoms with van der Waals surface area (Å²) in [7, 11) is 0. The molecule has 5 nitrogen and oxygen atoms in total. The molecule has 1 aromatic rings. The number of carbonyl (C=O) groups excluding carboxylic acids is 1. The number of nitrogens with one attached hydrogen (secondary N) is 1. The lowest BCUT2D eigenvalue weighted by atomic mass is 10.1. The van der Waals surface area contributed by atoms with Crippen LogP contribution in [0, 0.1) is 0 Å². The molecule has 1 atom stereocenters. The molecule has 2 N–H and O–H groups in total. The monoisotopic (exact) mass is 278 g/mol. The van der Waals surface area contributed by atoms with Gasteiger partial charge in [0, 0.05) is 13.1 Å². The number of para-hydroxylation sites is 2. The second-order valence-corrected chi connectivity index (χ2v) is 5.02. The summed E-state index contributed by atoms with van der Waals surface area (Å²) in [6.45, 7) is 3.73. The van der Waals surface area contributed by atoms with E-state index in [-0.39, 0.29) is 6.03 Å². The van der Waals surface area contributed by atoms with E-state index in [2.05, 4.69) is 5.32 Å². The molecular weight excluding hydrogens is 256 g/mol. The van der Waals surface area contributed by atoms with Crippen LogP contribution in [0.2, 0.25) is 0 Å². The van der Waals surface area contributed by atoms with E-state index in [1.807, 2.05) is 31.2 Å². The second kappa shape index (κ2) is 7.14. The van der Waals surface area contributed by atoms with E-state index in [0.717, 1.165) is 19.3 Å². The number of amides is 2. The van der Waals surface area contributed by atoms with Gasteiger partial charge in [-0.15, -0.1) is 0 Å². The van der Waals surface area contributed by atoms with Crippen molar-refractivity contribution in [3.63, 3.8) is 0 Å². The highest BCUT2D eigenvalue weighted by molar-refractivity contribution is 5.91. The van der Waals surface area contributed by atoms with Crippen LogP contribution in [0.5, 0.6) is 5.75 Å². The molecule has 5 heteroatoms. The van der Waals surface area contributed by atoms with Gasteiger partial charge in [-0.1, -0.05) is 19.1 Å². The molecule has 2 rings (SSSR count). The van der Waals surface area contributed by atoms with Crippen LogP contribution >= 0.6 is 0 Å². The number of benzene rings is 1. The lowest BCUT2D eigenvalue weighted by molar-refractivity contribution is 0.0883. The Morgan fingerprint density at radius 3 is 3.05 bits per heavy atom. The molecule has 1 aliphatic heterocycles. The van der Waals surface area contributed by atoms with Gasteiger partial charge < -0.3 is 20.1 Å². The number of hydrogen-bond acceptors (Lipinski definition) is 3. The Morgan fingerprint density at radius 1 is 1.50 bits per heavy atom. The minimum atomic E-state index is -0.416. The first-order valence-corrected chi connectivity index (χ1v) is 7.16. The summed E-state index contributed by atoms with van der Waals surface area (Å²) in [5.41, 5.74) is 0.672. The first kappa shape index (κ1) is 14.7. The zero-order valence-electron chi connectivity index (χ0n) is 11.8. The molecular formula is C15H22N2O3. The third-order valence-electron chi connectivity index (χ3n) is 3.27. The molecule has 1 aromatic carbocycles. The van der Waals surface area contributed by atoms with Gasteiger partial charge in [-0.2, -0.15) is 0 Å². The number of nitrogens with zero attached hydrogens (tertiary/aromatic N) is 1. The molecule has 1 unspecified atom stereocenters. The predicted octanol–water partition coefficient (Wildman–Crippen LogP) is 2.46. The first-order chi connectivity index (χ1) is 9.70. The lowest BCUT2D eigenvalue weighted by Gasteiger charge is -2.30. The molecule has 0 aliphatic carbocycles. The maximum absolute atomic E-state index is 12.2. The van der Waals surface area contributed by atoms with Crippen molar-refractivity contribution >= 4 is 11.7 Å². The smallest absolute Gasteiger partial charge is 0.322 e. The van der Waals surface area contributed by atoms with Crippen LogP contribution in [0.1, 0.15) is 26.2 Å². The largest absolute Gasteiger partial charge is 0.491 e. The number of anilines is 1. The number of ether oxygens (including phenoxy) is 1. The predicted molar refractivity (Wildman–Crippen MR) is 78.1 cm³/mol. The molecule has 0 bridgehead atoms. The summed E-state index contributed by atoms with van der Waals surface area (Å²) in [5.74, 6) is 0.681. The van der Waals surface area contributed by atoms with Crippen molar-refractivity contribution in [3.8, 4) is 5.75 Å². The summed E-state index contributed by atoms with van der Waals surface area (Å²) in [4.78, 5) is 13.8. The molecule has 1 saturated heterocycles. The maximum Gasteiger partial charge on any atom is 0.322 e. The molecule has 2 amide bonds. The summed E-state index contributed by atoms with van der Waals surface area (Å²) in [6, 6.07) is 7.22. The maximum atomic E-state index is 12.2. The molecule has 1 heterocycles. The zero-order chi connectivity index (χ0) is 14.4. The number of aliphatic hydroxyl groups excluding tert-OH is 1. The zero-order valence-corrected chi connectivity index (χ0v) is 11.8. The van der Waals surface area contributed by atoms with Gasteiger partial charge in [-0.25, -0.2) is 4.79 Å². The van der Waals surface area contributed by atoms with Gasteiger partial charge >= 0.3 is 6.03 Å². The van der Waals surface area contributed by atoms with Gasteiger partial charge in [0.2, 0.25) is 0 Å². The molecule has 110 valence electrons. The fraction of sp³-hybridized carbons (Fsp3) is 0.533. The SMILES string of the molecule is CCCOc1ccccc1NC(=O)N1CCCC(O)C1.